The minimum absolute atomic E-state index is 0.0205. The molecule has 2 aliphatic rings. The van der Waals surface area contributed by atoms with Crippen LogP contribution in [0.4, 0.5) is 0 Å². The van der Waals surface area contributed by atoms with Gasteiger partial charge in [-0.3, -0.25) is 9.59 Å². The molecule has 1 atom stereocenters. The van der Waals surface area contributed by atoms with Crippen LogP contribution >= 0.6 is 0 Å². The molecule has 2 rings (SSSR count). The Hall–Kier alpha value is -1.40. The number of unbranched alkanes of at least 4 members (excludes halogenated alkanes) is 19. The van der Waals surface area contributed by atoms with Crippen molar-refractivity contribution < 1.29 is 28.5 Å². The number of allylic oxidation sites excluding steroid dienone is 2. The van der Waals surface area contributed by atoms with Gasteiger partial charge in [0.05, 0.1) is 25.9 Å². The first-order chi connectivity index (χ1) is 29.9. The first kappa shape index (κ1) is 55.7. The Morgan fingerprint density at radius 3 is 1.48 bits per heavy atom. The SMILES string of the molecule is CCCCCC(CCCCC)CC(=O)OCCCCCCCCC1(CCCCCCCCOC(=O)CC(CCCCC)CCCCC)OCC(CCCCC2=CCCCC2)O1. The van der Waals surface area contributed by atoms with E-state index in [1.165, 1.54) is 186 Å². The van der Waals surface area contributed by atoms with Gasteiger partial charge in [-0.1, -0.05) is 174 Å². The maximum absolute atomic E-state index is 12.6. The molecule has 0 N–H and O–H groups in total. The second-order valence-corrected chi connectivity index (χ2v) is 19.6. The third-order valence-corrected chi connectivity index (χ3v) is 13.8. The summed E-state index contributed by atoms with van der Waals surface area (Å²) in [6.07, 6.45) is 49.5. The van der Waals surface area contributed by atoms with Crippen molar-refractivity contribution in [1.29, 1.82) is 0 Å². The molecule has 1 fully saturated rings. The Morgan fingerprint density at radius 1 is 0.574 bits per heavy atom. The van der Waals surface area contributed by atoms with E-state index in [2.05, 4.69) is 33.8 Å². The number of carbonyl (C=O) groups is 2. The predicted molar refractivity (Wildman–Crippen MR) is 258 cm³/mol. The molecule has 0 aromatic heterocycles. The van der Waals surface area contributed by atoms with Gasteiger partial charge in [0.2, 0.25) is 0 Å². The van der Waals surface area contributed by atoms with E-state index in [1.807, 2.05) is 0 Å². The van der Waals surface area contributed by atoms with Gasteiger partial charge in [-0.05, 0) is 108 Å². The first-order valence-corrected chi connectivity index (χ1v) is 27.2. The smallest absolute Gasteiger partial charge is 0.306 e. The highest BCUT2D eigenvalue weighted by atomic mass is 16.7. The van der Waals surface area contributed by atoms with Crippen LogP contribution in [0.1, 0.15) is 285 Å². The number of hydrogen-bond acceptors (Lipinski definition) is 6. The molecule has 1 saturated heterocycles. The van der Waals surface area contributed by atoms with Crippen molar-refractivity contribution in [3.05, 3.63) is 11.6 Å². The molecule has 1 aliphatic carbocycles. The van der Waals surface area contributed by atoms with E-state index < -0.39 is 5.79 Å². The summed E-state index contributed by atoms with van der Waals surface area (Å²) in [4.78, 5) is 25.2. The lowest BCUT2D eigenvalue weighted by atomic mass is 9.92. The lowest BCUT2D eigenvalue weighted by molar-refractivity contribution is -0.180. The molecule has 0 radical (unpaired) electrons. The predicted octanol–water partition coefficient (Wildman–Crippen LogP) is 17.0. The summed E-state index contributed by atoms with van der Waals surface area (Å²) in [6, 6.07) is 0. The van der Waals surface area contributed by atoms with Gasteiger partial charge in [0, 0.05) is 25.7 Å². The van der Waals surface area contributed by atoms with Gasteiger partial charge < -0.3 is 18.9 Å². The topological polar surface area (TPSA) is 71.1 Å². The quantitative estimate of drug-likeness (QED) is 0.0346. The van der Waals surface area contributed by atoms with Crippen molar-refractivity contribution >= 4 is 11.9 Å². The summed E-state index contributed by atoms with van der Waals surface area (Å²) in [5.41, 5.74) is 1.69. The molecule has 0 aromatic carbocycles. The fourth-order valence-electron chi connectivity index (χ4n) is 9.80. The number of hydrogen-bond donors (Lipinski definition) is 0. The van der Waals surface area contributed by atoms with Crippen molar-refractivity contribution in [3.8, 4) is 0 Å². The van der Waals surface area contributed by atoms with Gasteiger partial charge in [0.1, 0.15) is 0 Å². The van der Waals surface area contributed by atoms with Crippen LogP contribution in [0.15, 0.2) is 11.6 Å². The van der Waals surface area contributed by atoms with Crippen LogP contribution in [0.3, 0.4) is 0 Å². The van der Waals surface area contributed by atoms with Crippen LogP contribution in [0.5, 0.6) is 0 Å². The third-order valence-electron chi connectivity index (χ3n) is 13.8. The first-order valence-electron chi connectivity index (χ1n) is 27.2. The van der Waals surface area contributed by atoms with Gasteiger partial charge in [-0.2, -0.15) is 0 Å². The Kier molecular flexibility index (Phi) is 35.6. The highest BCUT2D eigenvalue weighted by Gasteiger charge is 2.40. The Labute approximate surface area is 379 Å². The number of esters is 2. The molecule has 61 heavy (non-hydrogen) atoms. The summed E-state index contributed by atoms with van der Waals surface area (Å²) in [6.45, 7) is 10.9. The lowest BCUT2D eigenvalue weighted by Crippen LogP contribution is -2.31. The van der Waals surface area contributed by atoms with Crippen LogP contribution in [0, 0.1) is 11.8 Å². The van der Waals surface area contributed by atoms with Crippen LogP contribution in [0.2, 0.25) is 0 Å². The van der Waals surface area contributed by atoms with Crippen LogP contribution < -0.4 is 0 Å². The summed E-state index contributed by atoms with van der Waals surface area (Å²) in [7, 11) is 0. The average molecular weight is 859 g/mol. The zero-order valence-electron chi connectivity index (χ0n) is 41.2. The molecule has 1 heterocycles. The molecule has 0 spiro atoms. The molecule has 358 valence electrons. The Bertz CT molecular complexity index is 979. The van der Waals surface area contributed by atoms with Gasteiger partial charge in [-0.15, -0.1) is 0 Å². The van der Waals surface area contributed by atoms with E-state index in [0.717, 1.165) is 64.4 Å². The van der Waals surface area contributed by atoms with E-state index in [-0.39, 0.29) is 18.0 Å². The minimum Gasteiger partial charge on any atom is -0.466 e. The second kappa shape index (κ2) is 39.0. The summed E-state index contributed by atoms with van der Waals surface area (Å²) in [5, 5.41) is 0. The van der Waals surface area contributed by atoms with E-state index in [4.69, 9.17) is 18.9 Å². The summed E-state index contributed by atoms with van der Waals surface area (Å²) >= 11 is 0. The van der Waals surface area contributed by atoms with E-state index in [9.17, 15) is 9.59 Å². The highest BCUT2D eigenvalue weighted by Crippen LogP contribution is 2.36. The zero-order chi connectivity index (χ0) is 43.9. The molecule has 1 unspecified atom stereocenters. The minimum atomic E-state index is -0.408. The highest BCUT2D eigenvalue weighted by molar-refractivity contribution is 5.70. The van der Waals surface area contributed by atoms with Crippen molar-refractivity contribution in [2.45, 2.75) is 296 Å². The summed E-state index contributed by atoms with van der Waals surface area (Å²) < 4.78 is 24.8. The number of carbonyl (C=O) groups excluding carboxylic acids is 2. The maximum Gasteiger partial charge on any atom is 0.306 e. The summed E-state index contributed by atoms with van der Waals surface area (Å²) in [5.74, 6) is 0.630. The van der Waals surface area contributed by atoms with E-state index >= 15 is 0 Å². The van der Waals surface area contributed by atoms with Gasteiger partial charge in [-0.25, -0.2) is 0 Å². The largest absolute Gasteiger partial charge is 0.466 e. The Morgan fingerprint density at radius 2 is 1.03 bits per heavy atom. The molecular formula is C55H102O6. The monoisotopic (exact) mass is 859 g/mol. The van der Waals surface area contributed by atoms with E-state index in [1.54, 1.807) is 5.57 Å². The van der Waals surface area contributed by atoms with Crippen molar-refractivity contribution in [2.24, 2.45) is 11.8 Å². The Balaban J connectivity index is 1.66. The maximum atomic E-state index is 12.6. The molecule has 6 heteroatoms. The number of rotatable bonds is 43. The standard InChI is InChI=1S/C55H102O6/c1-5-9-22-37-50(38-23-10-6-2)46-53(56)58-44-32-19-15-13-17-30-42-55(60-48-52(61-55)41-29-28-36-49-34-26-21-27-35-49)43-31-18-14-16-20-33-45-59-54(57)47-51(39-24-11-7-3)40-25-12-8-4/h34,50-52H,5-33,35-48H2,1-4H3. The molecule has 0 aromatic rings. The van der Waals surface area contributed by atoms with Crippen LogP contribution in [-0.2, 0) is 28.5 Å². The lowest BCUT2D eigenvalue weighted by Gasteiger charge is -2.28. The van der Waals surface area contributed by atoms with Crippen LogP contribution in [0.25, 0.3) is 0 Å². The number of ether oxygens (including phenoxy) is 4. The molecule has 6 nitrogen and oxygen atoms in total. The van der Waals surface area contributed by atoms with Crippen molar-refractivity contribution in [3.63, 3.8) is 0 Å². The fraction of sp³-hybridized carbons (Fsp3) is 0.927. The van der Waals surface area contributed by atoms with Gasteiger partial charge in [0.25, 0.3) is 0 Å². The third kappa shape index (κ3) is 30.4. The molecule has 1 aliphatic heterocycles. The molecule has 0 bridgehead atoms. The molecule has 0 amide bonds. The van der Waals surface area contributed by atoms with Crippen molar-refractivity contribution in [1.82, 2.24) is 0 Å². The van der Waals surface area contributed by atoms with Crippen molar-refractivity contribution in [2.75, 3.05) is 19.8 Å². The van der Waals surface area contributed by atoms with Crippen LogP contribution in [-0.4, -0.2) is 43.7 Å². The average Bonchev–Trinajstić information content (AvgIpc) is 3.67. The van der Waals surface area contributed by atoms with Gasteiger partial charge >= 0.3 is 11.9 Å². The van der Waals surface area contributed by atoms with E-state index in [0.29, 0.717) is 37.9 Å². The molecule has 0 saturated carbocycles. The zero-order valence-corrected chi connectivity index (χ0v) is 41.2. The second-order valence-electron chi connectivity index (χ2n) is 19.6. The molecular weight excluding hydrogens is 757 g/mol. The normalized spacial score (nSPS) is 16.4. The fourth-order valence-corrected chi connectivity index (χ4v) is 9.80. The van der Waals surface area contributed by atoms with Gasteiger partial charge in [0.15, 0.2) is 5.79 Å².